The summed E-state index contributed by atoms with van der Waals surface area (Å²) in [5.74, 6) is 0.193. The summed E-state index contributed by atoms with van der Waals surface area (Å²) in [7, 11) is 0. The largest absolute Gasteiger partial charge is 0.459 e. The number of aliphatic hydroxyl groups excluding tert-OH is 1. The van der Waals surface area contributed by atoms with Gasteiger partial charge in [-0.05, 0) is 101 Å². The smallest absolute Gasteiger partial charge is 0.324 e. The minimum atomic E-state index is -0.935. The molecule has 4 heterocycles. The quantitative estimate of drug-likeness (QED) is 0.351. The highest BCUT2D eigenvalue weighted by atomic mass is 16.6. The number of carbonyl (C=O) groups excluding carboxylic acids is 3. The number of ether oxygens (including phenoxy) is 1. The summed E-state index contributed by atoms with van der Waals surface area (Å²) in [4.78, 5) is 50.3. The molecule has 0 radical (unpaired) electrons. The Labute approximate surface area is 288 Å². The molecular formula is C40H63N3O5. The van der Waals surface area contributed by atoms with Gasteiger partial charge in [0.05, 0.1) is 23.5 Å². The average Bonchev–Trinajstić information content (AvgIpc) is 3.58. The van der Waals surface area contributed by atoms with Gasteiger partial charge >= 0.3 is 5.97 Å². The van der Waals surface area contributed by atoms with Crippen LogP contribution in [0.25, 0.3) is 0 Å². The maximum atomic E-state index is 15.5. The molecular weight excluding hydrogens is 602 g/mol. The maximum Gasteiger partial charge on any atom is 0.324 e. The lowest BCUT2D eigenvalue weighted by Gasteiger charge is -2.54. The van der Waals surface area contributed by atoms with E-state index in [0.717, 1.165) is 116 Å². The molecule has 4 saturated carbocycles. The minimum Gasteiger partial charge on any atom is -0.459 e. The molecule has 0 aromatic rings. The molecule has 8 nitrogen and oxygen atoms in total. The number of cyclic esters (lactones) is 1. The van der Waals surface area contributed by atoms with E-state index < -0.39 is 17.4 Å². The third-order valence-electron chi connectivity index (χ3n) is 15.1. The molecule has 8 fully saturated rings. The van der Waals surface area contributed by atoms with Crippen LogP contribution in [0.4, 0.5) is 0 Å². The monoisotopic (exact) mass is 665 g/mol. The van der Waals surface area contributed by atoms with E-state index in [1.54, 1.807) is 0 Å². The molecule has 4 saturated heterocycles. The summed E-state index contributed by atoms with van der Waals surface area (Å²) in [5, 5.41) is 14.3. The van der Waals surface area contributed by atoms with Crippen LogP contribution >= 0.6 is 0 Å². The van der Waals surface area contributed by atoms with Gasteiger partial charge in [0.1, 0.15) is 12.1 Å². The lowest BCUT2D eigenvalue weighted by atomic mass is 9.56. The first-order valence-electron chi connectivity index (χ1n) is 20.8. The van der Waals surface area contributed by atoms with E-state index in [0.29, 0.717) is 11.8 Å². The molecule has 2 amide bonds. The molecule has 2 N–H and O–H groups in total. The van der Waals surface area contributed by atoms with Crippen LogP contribution in [-0.4, -0.2) is 82.2 Å². The molecule has 0 bridgehead atoms. The Morgan fingerprint density at radius 3 is 1.96 bits per heavy atom. The summed E-state index contributed by atoms with van der Waals surface area (Å²) in [5.41, 5.74) is -0.935. The van der Waals surface area contributed by atoms with Crippen LogP contribution < -0.4 is 5.32 Å². The molecule has 8 heteroatoms. The Hall–Kier alpha value is -1.67. The highest BCUT2D eigenvalue weighted by Gasteiger charge is 2.77. The van der Waals surface area contributed by atoms with Crippen molar-refractivity contribution in [2.24, 2.45) is 35.0 Å². The zero-order valence-electron chi connectivity index (χ0n) is 29.5. The molecule has 4 aliphatic heterocycles. The number of hydrogen-bond acceptors (Lipinski definition) is 6. The van der Waals surface area contributed by atoms with E-state index in [1.165, 1.54) is 44.9 Å². The number of rotatable bonds is 4. The van der Waals surface area contributed by atoms with Gasteiger partial charge in [-0.25, -0.2) is 0 Å². The zero-order chi connectivity index (χ0) is 32.8. The van der Waals surface area contributed by atoms with E-state index in [9.17, 15) is 9.90 Å². The SMILES string of the molecule is O=C1O[C@@H](C2CCCCC2)[C@@H](C2CCCCC2)N2[C@@H](C3CCC(O)CC3)[C@]3(C(=O)NC4CCCCC43)[C@@H](C(=O)N3CCCCCCC3)[C@H]12. The topological polar surface area (TPSA) is 99.2 Å². The second kappa shape index (κ2) is 14.2. The van der Waals surface area contributed by atoms with Crippen molar-refractivity contribution < 1.29 is 24.2 Å². The van der Waals surface area contributed by atoms with E-state index in [-0.39, 0.29) is 60.0 Å². The number of amides is 2. The van der Waals surface area contributed by atoms with Crippen molar-refractivity contribution in [1.29, 1.82) is 0 Å². The van der Waals surface area contributed by atoms with Crippen molar-refractivity contribution in [3.63, 3.8) is 0 Å². The Morgan fingerprint density at radius 2 is 1.27 bits per heavy atom. The van der Waals surface area contributed by atoms with Gasteiger partial charge in [0.2, 0.25) is 11.8 Å². The molecule has 268 valence electrons. The van der Waals surface area contributed by atoms with E-state index in [4.69, 9.17) is 4.74 Å². The van der Waals surface area contributed by atoms with Gasteiger partial charge in [0, 0.05) is 25.2 Å². The normalized spacial score (nSPS) is 43.6. The third kappa shape index (κ3) is 5.65. The maximum absolute atomic E-state index is 15.5. The van der Waals surface area contributed by atoms with E-state index in [1.807, 2.05) is 0 Å². The number of nitrogens with zero attached hydrogens (tertiary/aromatic N) is 2. The van der Waals surface area contributed by atoms with Gasteiger partial charge in [-0.2, -0.15) is 0 Å². The second-order valence-corrected chi connectivity index (χ2v) is 17.6. The minimum absolute atomic E-state index is 0.0536. The highest BCUT2D eigenvalue weighted by molar-refractivity contribution is 5.99. The number of carbonyl (C=O) groups is 3. The van der Waals surface area contributed by atoms with Crippen molar-refractivity contribution in [2.75, 3.05) is 13.1 Å². The average molecular weight is 666 g/mol. The molecule has 8 atom stereocenters. The van der Waals surface area contributed by atoms with Crippen LogP contribution in [0.5, 0.6) is 0 Å². The van der Waals surface area contributed by atoms with Crippen LogP contribution in [0.3, 0.4) is 0 Å². The van der Waals surface area contributed by atoms with Gasteiger partial charge in [0.25, 0.3) is 0 Å². The molecule has 48 heavy (non-hydrogen) atoms. The van der Waals surface area contributed by atoms with Crippen molar-refractivity contribution in [2.45, 2.75) is 184 Å². The zero-order valence-corrected chi connectivity index (χ0v) is 29.5. The molecule has 8 aliphatic rings. The Balaban J connectivity index is 1.30. The number of esters is 1. The van der Waals surface area contributed by atoms with Crippen LogP contribution in [0.1, 0.15) is 148 Å². The standard InChI is InChI=1S/C40H63N3O5/c44-29-22-20-28(21-23-29)36-40(30-18-10-11-19-31(30)41-39(40)47)32(37(45)42-24-12-2-1-3-13-25-42)34-38(46)48-35(27-16-8-5-9-17-27)33(43(34)36)26-14-6-4-7-15-26/h26-36,44H,1-25H2,(H,41,47)/t28?,29?,30?,31?,32-,33-,34-,35+,36+,40-/m1/s1. The number of nitrogens with one attached hydrogen (secondary N) is 1. The fraction of sp³-hybridized carbons (Fsp3) is 0.925. The van der Waals surface area contributed by atoms with E-state index in [2.05, 4.69) is 15.1 Å². The highest BCUT2D eigenvalue weighted by Crippen LogP contribution is 2.63. The summed E-state index contributed by atoms with van der Waals surface area (Å²) in [6.07, 6.45) is 24.0. The number of likely N-dealkylation sites (tertiary alicyclic amines) is 1. The van der Waals surface area contributed by atoms with Crippen LogP contribution in [0, 0.1) is 35.0 Å². The van der Waals surface area contributed by atoms with Crippen LogP contribution in [-0.2, 0) is 19.1 Å². The molecule has 0 aromatic carbocycles. The first-order chi connectivity index (χ1) is 23.5. The van der Waals surface area contributed by atoms with E-state index >= 15 is 9.59 Å². The number of morpholine rings is 1. The number of aliphatic hydroxyl groups is 1. The fourth-order valence-corrected chi connectivity index (χ4v) is 13.1. The van der Waals surface area contributed by atoms with Gasteiger partial charge in [-0.3, -0.25) is 19.3 Å². The van der Waals surface area contributed by atoms with Gasteiger partial charge in [-0.1, -0.05) is 70.6 Å². The Bertz CT molecular complexity index is 1170. The van der Waals surface area contributed by atoms with Gasteiger partial charge < -0.3 is 20.1 Å². The number of fused-ring (bicyclic) bond motifs is 3. The Morgan fingerprint density at radius 1 is 0.688 bits per heavy atom. The van der Waals surface area contributed by atoms with Crippen molar-refractivity contribution in [1.82, 2.24) is 15.1 Å². The summed E-state index contributed by atoms with van der Waals surface area (Å²) < 4.78 is 6.82. The summed E-state index contributed by atoms with van der Waals surface area (Å²) in [6, 6.07) is -0.730. The first kappa shape index (κ1) is 33.5. The molecule has 0 aromatic heterocycles. The predicted octanol–water partition coefficient (Wildman–Crippen LogP) is 6.13. The van der Waals surface area contributed by atoms with Gasteiger partial charge in [0.15, 0.2) is 0 Å². The third-order valence-corrected chi connectivity index (χ3v) is 15.1. The molecule has 8 rings (SSSR count). The molecule has 2 unspecified atom stereocenters. The van der Waals surface area contributed by atoms with Crippen LogP contribution in [0.2, 0.25) is 0 Å². The van der Waals surface area contributed by atoms with Crippen LogP contribution in [0.15, 0.2) is 0 Å². The lowest BCUT2D eigenvalue weighted by Crippen LogP contribution is -2.66. The predicted molar refractivity (Wildman–Crippen MR) is 184 cm³/mol. The van der Waals surface area contributed by atoms with Crippen molar-refractivity contribution >= 4 is 17.8 Å². The second-order valence-electron chi connectivity index (χ2n) is 17.6. The summed E-state index contributed by atoms with van der Waals surface area (Å²) in [6.45, 7) is 1.44. The molecule has 4 aliphatic carbocycles. The van der Waals surface area contributed by atoms with Gasteiger partial charge in [-0.15, -0.1) is 0 Å². The fourth-order valence-electron chi connectivity index (χ4n) is 13.1. The lowest BCUT2D eigenvalue weighted by molar-refractivity contribution is -0.191. The Kier molecular flexibility index (Phi) is 9.87. The first-order valence-corrected chi connectivity index (χ1v) is 20.8. The van der Waals surface area contributed by atoms with Crippen molar-refractivity contribution in [3.8, 4) is 0 Å². The summed E-state index contributed by atoms with van der Waals surface area (Å²) >= 11 is 0. The molecule has 1 spiro atoms. The number of hydrogen-bond donors (Lipinski definition) is 2. The van der Waals surface area contributed by atoms with Crippen molar-refractivity contribution in [3.05, 3.63) is 0 Å².